The molecule has 1 aromatic heterocycles. The number of H-pyrrole nitrogens is 1. The van der Waals surface area contributed by atoms with Crippen LogP contribution in [0.25, 0.3) is 0 Å². The van der Waals surface area contributed by atoms with Gasteiger partial charge in [0.25, 0.3) is 5.56 Å². The third-order valence-corrected chi connectivity index (χ3v) is 1.64. The van der Waals surface area contributed by atoms with Crippen LogP contribution in [0.15, 0.2) is 11.0 Å². The topological polar surface area (TPSA) is 84.1 Å². The number of esters is 1. The molecule has 6 heteroatoms. The molecule has 0 bridgehead atoms. The average molecular weight is 211 g/mol. The van der Waals surface area contributed by atoms with E-state index in [4.69, 9.17) is 0 Å². The lowest BCUT2D eigenvalue weighted by atomic mass is 10.3. The van der Waals surface area contributed by atoms with Gasteiger partial charge in [0.15, 0.2) is 0 Å². The third kappa shape index (κ3) is 2.80. The molecule has 0 aliphatic rings. The molecule has 0 saturated heterocycles. The molecule has 0 aliphatic carbocycles. The van der Waals surface area contributed by atoms with E-state index in [1.165, 1.54) is 6.20 Å². The number of nitrogens with one attached hydrogen (secondary N) is 2. The van der Waals surface area contributed by atoms with Crippen LogP contribution in [0.1, 0.15) is 24.2 Å². The molecule has 0 amide bonds. The second kappa shape index (κ2) is 5.14. The summed E-state index contributed by atoms with van der Waals surface area (Å²) in [5.41, 5.74) is -0.585. The summed E-state index contributed by atoms with van der Waals surface area (Å²) in [4.78, 5) is 28.9. The lowest BCUT2D eigenvalue weighted by Crippen LogP contribution is -2.21. The van der Waals surface area contributed by atoms with Gasteiger partial charge in [-0.3, -0.25) is 9.78 Å². The van der Waals surface area contributed by atoms with Crippen molar-refractivity contribution in [3.8, 4) is 0 Å². The Morgan fingerprint density at radius 2 is 2.33 bits per heavy atom. The van der Waals surface area contributed by atoms with E-state index >= 15 is 0 Å². The van der Waals surface area contributed by atoms with E-state index < -0.39 is 11.5 Å². The maximum Gasteiger partial charge on any atom is 0.345 e. The Morgan fingerprint density at radius 3 is 2.87 bits per heavy atom. The van der Waals surface area contributed by atoms with Crippen molar-refractivity contribution in [2.45, 2.75) is 13.8 Å². The largest absolute Gasteiger partial charge is 0.462 e. The summed E-state index contributed by atoms with van der Waals surface area (Å²) >= 11 is 0. The molecule has 82 valence electrons. The summed E-state index contributed by atoms with van der Waals surface area (Å²) in [6.45, 7) is 4.42. The van der Waals surface area contributed by atoms with Gasteiger partial charge in [-0.15, -0.1) is 0 Å². The molecule has 0 unspecified atom stereocenters. The highest BCUT2D eigenvalue weighted by Gasteiger charge is 2.12. The number of carbonyl (C=O) groups is 1. The molecular formula is C9H13N3O3. The van der Waals surface area contributed by atoms with E-state index in [0.717, 1.165) is 0 Å². The SMILES string of the molecule is CCNc1ncc(C(=O)OCC)c(=O)[nH]1. The van der Waals surface area contributed by atoms with E-state index in [1.807, 2.05) is 6.92 Å². The maximum absolute atomic E-state index is 11.4. The number of ether oxygens (including phenoxy) is 1. The van der Waals surface area contributed by atoms with Gasteiger partial charge in [0, 0.05) is 6.54 Å². The summed E-state index contributed by atoms with van der Waals surface area (Å²) in [5.74, 6) is -0.315. The quantitative estimate of drug-likeness (QED) is 0.703. The van der Waals surface area contributed by atoms with Crippen molar-refractivity contribution in [1.29, 1.82) is 0 Å². The minimum Gasteiger partial charge on any atom is -0.462 e. The summed E-state index contributed by atoms with van der Waals surface area (Å²) < 4.78 is 4.69. The molecule has 6 nitrogen and oxygen atoms in total. The van der Waals surface area contributed by atoms with Crippen LogP contribution in [0.4, 0.5) is 5.95 Å². The second-order valence-electron chi connectivity index (χ2n) is 2.73. The zero-order valence-corrected chi connectivity index (χ0v) is 8.66. The molecule has 1 heterocycles. The standard InChI is InChI=1S/C9H13N3O3/c1-3-10-9-11-5-6(7(13)12-9)8(14)15-4-2/h5H,3-4H2,1-2H3,(H2,10,11,12,13). The summed E-state index contributed by atoms with van der Waals surface area (Å²) in [7, 11) is 0. The number of hydrogen-bond donors (Lipinski definition) is 2. The van der Waals surface area contributed by atoms with Gasteiger partial charge in [-0.1, -0.05) is 0 Å². The smallest absolute Gasteiger partial charge is 0.345 e. The molecule has 0 atom stereocenters. The van der Waals surface area contributed by atoms with Crippen molar-refractivity contribution in [3.63, 3.8) is 0 Å². The van der Waals surface area contributed by atoms with Crippen LogP contribution in [0.5, 0.6) is 0 Å². The molecule has 0 saturated carbocycles. The summed E-state index contributed by atoms with van der Waals surface area (Å²) in [5, 5.41) is 2.83. The molecule has 1 rings (SSSR count). The fraction of sp³-hybridized carbons (Fsp3) is 0.444. The Hall–Kier alpha value is -1.85. The highest BCUT2D eigenvalue weighted by molar-refractivity contribution is 5.88. The van der Waals surface area contributed by atoms with Crippen LogP contribution in [-0.2, 0) is 4.74 Å². The molecule has 1 aromatic rings. The number of aromatic nitrogens is 2. The van der Waals surface area contributed by atoms with Gasteiger partial charge in [-0.25, -0.2) is 9.78 Å². The van der Waals surface area contributed by atoms with Crippen molar-refractivity contribution in [2.75, 3.05) is 18.5 Å². The minimum atomic E-state index is -0.658. The average Bonchev–Trinajstić information content (AvgIpc) is 2.18. The van der Waals surface area contributed by atoms with Crippen molar-refractivity contribution in [1.82, 2.24) is 9.97 Å². The Morgan fingerprint density at radius 1 is 1.60 bits per heavy atom. The molecule has 0 spiro atoms. The molecule has 0 radical (unpaired) electrons. The molecule has 15 heavy (non-hydrogen) atoms. The van der Waals surface area contributed by atoms with Gasteiger partial charge in [-0.05, 0) is 13.8 Å². The molecule has 0 aromatic carbocycles. The first kappa shape index (κ1) is 11.2. The molecule has 2 N–H and O–H groups in total. The Balaban J connectivity index is 2.93. The van der Waals surface area contributed by atoms with Crippen molar-refractivity contribution in [3.05, 3.63) is 22.1 Å². The maximum atomic E-state index is 11.4. The highest BCUT2D eigenvalue weighted by atomic mass is 16.5. The summed E-state index contributed by atoms with van der Waals surface area (Å²) in [6, 6.07) is 0. The van der Waals surface area contributed by atoms with Crippen LogP contribution in [0.2, 0.25) is 0 Å². The van der Waals surface area contributed by atoms with Gasteiger partial charge >= 0.3 is 5.97 Å². The van der Waals surface area contributed by atoms with Gasteiger partial charge in [0.05, 0.1) is 12.8 Å². The van der Waals surface area contributed by atoms with Gasteiger partial charge < -0.3 is 10.1 Å². The van der Waals surface area contributed by atoms with E-state index in [-0.39, 0.29) is 12.2 Å². The van der Waals surface area contributed by atoms with Crippen molar-refractivity contribution >= 4 is 11.9 Å². The zero-order chi connectivity index (χ0) is 11.3. The monoisotopic (exact) mass is 211 g/mol. The second-order valence-corrected chi connectivity index (χ2v) is 2.73. The van der Waals surface area contributed by atoms with E-state index in [1.54, 1.807) is 6.92 Å². The van der Waals surface area contributed by atoms with E-state index in [0.29, 0.717) is 12.5 Å². The number of hydrogen-bond acceptors (Lipinski definition) is 5. The van der Waals surface area contributed by atoms with Crippen LogP contribution >= 0.6 is 0 Å². The van der Waals surface area contributed by atoms with Crippen LogP contribution in [0.3, 0.4) is 0 Å². The van der Waals surface area contributed by atoms with Crippen LogP contribution in [0, 0.1) is 0 Å². The minimum absolute atomic E-state index is 0.0847. The molecular weight excluding hydrogens is 198 g/mol. The predicted molar refractivity (Wildman–Crippen MR) is 55.0 cm³/mol. The Bertz CT molecular complexity index is 400. The lowest BCUT2D eigenvalue weighted by Gasteiger charge is -2.03. The number of carbonyl (C=O) groups excluding carboxylic acids is 1. The zero-order valence-electron chi connectivity index (χ0n) is 8.66. The molecule has 0 fully saturated rings. The lowest BCUT2D eigenvalue weighted by molar-refractivity contribution is 0.0524. The van der Waals surface area contributed by atoms with E-state index in [2.05, 4.69) is 20.0 Å². The number of nitrogens with zero attached hydrogens (tertiary/aromatic N) is 1. The molecule has 0 aliphatic heterocycles. The third-order valence-electron chi connectivity index (χ3n) is 1.64. The number of anilines is 1. The first-order valence-electron chi connectivity index (χ1n) is 4.69. The first-order chi connectivity index (χ1) is 7.19. The van der Waals surface area contributed by atoms with Crippen LogP contribution < -0.4 is 10.9 Å². The highest BCUT2D eigenvalue weighted by Crippen LogP contribution is 1.96. The van der Waals surface area contributed by atoms with Gasteiger partial charge in [0.1, 0.15) is 5.56 Å². The van der Waals surface area contributed by atoms with Crippen molar-refractivity contribution < 1.29 is 9.53 Å². The van der Waals surface area contributed by atoms with E-state index in [9.17, 15) is 9.59 Å². The van der Waals surface area contributed by atoms with Gasteiger partial charge in [0.2, 0.25) is 5.95 Å². The number of rotatable bonds is 4. The van der Waals surface area contributed by atoms with Crippen LogP contribution in [-0.4, -0.2) is 29.1 Å². The number of aromatic amines is 1. The fourth-order valence-corrected chi connectivity index (χ4v) is 1.01. The van der Waals surface area contributed by atoms with Gasteiger partial charge in [-0.2, -0.15) is 0 Å². The predicted octanol–water partition coefficient (Wildman–Crippen LogP) is 0.378. The summed E-state index contributed by atoms with van der Waals surface area (Å²) in [6.07, 6.45) is 1.20. The normalized spacial score (nSPS) is 9.73. The fourth-order valence-electron chi connectivity index (χ4n) is 1.01. The van der Waals surface area contributed by atoms with Crippen molar-refractivity contribution in [2.24, 2.45) is 0 Å². The first-order valence-corrected chi connectivity index (χ1v) is 4.69. The Labute approximate surface area is 86.7 Å². The Kier molecular flexibility index (Phi) is 3.84.